The maximum Gasteiger partial charge on any atom is 0.204 e. The van der Waals surface area contributed by atoms with Gasteiger partial charge in [-0.05, 0) is 30.3 Å². The van der Waals surface area contributed by atoms with Gasteiger partial charge in [-0.25, -0.2) is 0 Å². The first-order valence-corrected chi connectivity index (χ1v) is 5.95. The van der Waals surface area contributed by atoms with Crippen LogP contribution in [0, 0.1) is 0 Å². The summed E-state index contributed by atoms with van der Waals surface area (Å²) in [7, 11) is 0. The fourth-order valence-electron chi connectivity index (χ4n) is 1.89. The van der Waals surface area contributed by atoms with Gasteiger partial charge in [-0.15, -0.1) is 10.2 Å². The molecule has 2 heterocycles. The molecule has 0 aliphatic carbocycles. The monoisotopic (exact) mass is 255 g/mol. The summed E-state index contributed by atoms with van der Waals surface area (Å²) in [5.41, 5.74) is 3.01. The number of rotatable bonds is 4. The second-order valence-corrected chi connectivity index (χ2v) is 4.24. The normalized spacial score (nSPS) is 12.3. The van der Waals surface area contributed by atoms with E-state index in [4.69, 9.17) is 4.42 Å². The van der Waals surface area contributed by atoms with Crippen molar-refractivity contribution in [2.24, 2.45) is 0 Å². The highest BCUT2D eigenvalue weighted by atomic mass is 16.3. The van der Waals surface area contributed by atoms with Crippen LogP contribution in [0.15, 0.2) is 47.3 Å². The van der Waals surface area contributed by atoms with Gasteiger partial charge >= 0.3 is 0 Å². The molecule has 2 N–H and O–H groups in total. The average molecular weight is 255 g/mol. The Kier molecular flexibility index (Phi) is 2.97. The van der Waals surface area contributed by atoms with E-state index in [2.05, 4.69) is 32.9 Å². The Hall–Kier alpha value is -2.63. The van der Waals surface area contributed by atoms with Crippen molar-refractivity contribution in [1.29, 1.82) is 0 Å². The van der Waals surface area contributed by atoms with E-state index in [0.29, 0.717) is 5.82 Å². The van der Waals surface area contributed by atoms with Gasteiger partial charge in [-0.1, -0.05) is 12.1 Å². The number of H-pyrrole nitrogens is 1. The highest BCUT2D eigenvalue weighted by Gasteiger charge is 2.08. The van der Waals surface area contributed by atoms with Crippen LogP contribution in [0.25, 0.3) is 11.4 Å². The lowest BCUT2D eigenvalue weighted by Crippen LogP contribution is -2.05. The van der Waals surface area contributed by atoms with E-state index >= 15 is 0 Å². The summed E-state index contributed by atoms with van der Waals surface area (Å²) in [6, 6.07) is 10.00. The lowest BCUT2D eigenvalue weighted by Gasteiger charge is -2.13. The maximum absolute atomic E-state index is 5.08. The molecule has 0 saturated carbocycles. The average Bonchev–Trinajstić information content (AvgIpc) is 3.13. The number of anilines is 1. The summed E-state index contributed by atoms with van der Waals surface area (Å²) < 4.78 is 5.08. The second-order valence-electron chi connectivity index (χ2n) is 4.24. The van der Waals surface area contributed by atoms with Crippen molar-refractivity contribution in [2.75, 3.05) is 5.32 Å². The van der Waals surface area contributed by atoms with Crippen molar-refractivity contribution in [2.45, 2.75) is 13.0 Å². The number of hydrogen-bond acceptors (Lipinski definition) is 5. The van der Waals surface area contributed by atoms with Gasteiger partial charge in [0.05, 0.1) is 18.6 Å². The molecule has 0 radical (unpaired) electrons. The van der Waals surface area contributed by atoms with Crippen LogP contribution in [0.4, 0.5) is 5.69 Å². The summed E-state index contributed by atoms with van der Waals surface area (Å²) in [5.74, 6) is 0.583. The van der Waals surface area contributed by atoms with Gasteiger partial charge in [-0.3, -0.25) is 0 Å². The van der Waals surface area contributed by atoms with Crippen LogP contribution in [0.2, 0.25) is 0 Å². The van der Waals surface area contributed by atoms with Crippen molar-refractivity contribution < 1.29 is 4.42 Å². The fraction of sp³-hybridized carbons (Fsp3) is 0.154. The number of nitrogens with one attached hydrogen (secondary N) is 2. The van der Waals surface area contributed by atoms with Gasteiger partial charge < -0.3 is 9.73 Å². The zero-order chi connectivity index (χ0) is 13.1. The number of aromatic nitrogens is 4. The zero-order valence-electron chi connectivity index (χ0n) is 10.4. The molecule has 2 aromatic heterocycles. The van der Waals surface area contributed by atoms with Crippen LogP contribution < -0.4 is 5.32 Å². The lowest BCUT2D eigenvalue weighted by molar-refractivity contribution is 0.562. The highest BCUT2D eigenvalue weighted by Crippen LogP contribution is 2.23. The third-order valence-electron chi connectivity index (χ3n) is 2.89. The van der Waals surface area contributed by atoms with E-state index in [9.17, 15) is 0 Å². The largest absolute Gasteiger partial charge is 0.472 e. The standard InChI is InChI=1S/C13H13N5O/c1-9(11-5-6-19-8-11)14-12-4-2-3-10(7-12)13-15-17-18-16-13/h2-9,14H,1H3,(H,15,16,17,18). The van der Waals surface area contributed by atoms with Gasteiger partial charge in [0.2, 0.25) is 5.82 Å². The minimum absolute atomic E-state index is 0.166. The van der Waals surface area contributed by atoms with E-state index in [1.165, 1.54) is 0 Å². The lowest BCUT2D eigenvalue weighted by atomic mass is 10.1. The summed E-state index contributed by atoms with van der Waals surface area (Å²) in [6.07, 6.45) is 3.41. The zero-order valence-corrected chi connectivity index (χ0v) is 10.4. The van der Waals surface area contributed by atoms with Gasteiger partial charge in [0.25, 0.3) is 0 Å². The van der Waals surface area contributed by atoms with Crippen molar-refractivity contribution in [3.63, 3.8) is 0 Å². The third-order valence-corrected chi connectivity index (χ3v) is 2.89. The summed E-state index contributed by atoms with van der Waals surface area (Å²) in [5, 5.41) is 17.3. The van der Waals surface area contributed by atoms with Crippen LogP contribution in [-0.2, 0) is 0 Å². The molecule has 19 heavy (non-hydrogen) atoms. The maximum atomic E-state index is 5.08. The Balaban J connectivity index is 1.80. The van der Waals surface area contributed by atoms with Gasteiger partial charge in [0.15, 0.2) is 0 Å². The number of benzene rings is 1. The van der Waals surface area contributed by atoms with E-state index < -0.39 is 0 Å². The molecule has 1 atom stereocenters. The Morgan fingerprint density at radius 3 is 3.00 bits per heavy atom. The van der Waals surface area contributed by atoms with Crippen LogP contribution in [0.5, 0.6) is 0 Å². The minimum atomic E-state index is 0.166. The molecule has 1 unspecified atom stereocenters. The number of furan rings is 1. The van der Waals surface area contributed by atoms with Crippen LogP contribution in [0.3, 0.4) is 0 Å². The number of nitrogens with zero attached hydrogens (tertiary/aromatic N) is 3. The molecular weight excluding hydrogens is 242 g/mol. The molecular formula is C13H13N5O. The molecule has 0 saturated heterocycles. The van der Waals surface area contributed by atoms with Gasteiger partial charge in [0, 0.05) is 16.8 Å². The fourth-order valence-corrected chi connectivity index (χ4v) is 1.89. The first-order chi connectivity index (χ1) is 9.33. The Morgan fingerprint density at radius 2 is 2.26 bits per heavy atom. The Morgan fingerprint density at radius 1 is 1.32 bits per heavy atom. The molecule has 0 spiro atoms. The summed E-state index contributed by atoms with van der Waals surface area (Å²) in [6.45, 7) is 2.08. The van der Waals surface area contributed by atoms with Crippen LogP contribution >= 0.6 is 0 Å². The van der Waals surface area contributed by atoms with Crippen molar-refractivity contribution in [3.8, 4) is 11.4 Å². The molecule has 0 bridgehead atoms. The third kappa shape index (κ3) is 2.47. The number of tetrazole rings is 1. The molecule has 0 aliphatic heterocycles. The predicted molar refractivity (Wildman–Crippen MR) is 70.4 cm³/mol. The Labute approximate surface area is 109 Å². The number of hydrogen-bond donors (Lipinski definition) is 2. The first kappa shape index (κ1) is 11.5. The number of aromatic amines is 1. The molecule has 6 heteroatoms. The predicted octanol–water partition coefficient (Wildman–Crippen LogP) is 2.63. The van der Waals surface area contributed by atoms with E-state index in [1.54, 1.807) is 12.5 Å². The second kappa shape index (κ2) is 4.93. The van der Waals surface area contributed by atoms with Gasteiger partial charge in [0.1, 0.15) is 0 Å². The molecule has 0 amide bonds. The summed E-state index contributed by atoms with van der Waals surface area (Å²) in [4.78, 5) is 0. The van der Waals surface area contributed by atoms with E-state index in [1.807, 2.05) is 30.3 Å². The topological polar surface area (TPSA) is 79.6 Å². The summed E-state index contributed by atoms with van der Waals surface area (Å²) >= 11 is 0. The molecule has 1 aromatic carbocycles. The van der Waals surface area contributed by atoms with Crippen molar-refractivity contribution in [1.82, 2.24) is 20.6 Å². The van der Waals surface area contributed by atoms with Crippen molar-refractivity contribution in [3.05, 3.63) is 48.4 Å². The van der Waals surface area contributed by atoms with Crippen LogP contribution in [0.1, 0.15) is 18.5 Å². The molecule has 96 valence electrons. The molecule has 0 aliphatic rings. The van der Waals surface area contributed by atoms with E-state index in [-0.39, 0.29) is 6.04 Å². The highest BCUT2D eigenvalue weighted by molar-refractivity contribution is 5.62. The van der Waals surface area contributed by atoms with E-state index in [0.717, 1.165) is 16.8 Å². The van der Waals surface area contributed by atoms with Gasteiger partial charge in [-0.2, -0.15) is 5.21 Å². The first-order valence-electron chi connectivity index (χ1n) is 5.95. The minimum Gasteiger partial charge on any atom is -0.472 e. The van der Waals surface area contributed by atoms with Crippen LogP contribution in [-0.4, -0.2) is 20.6 Å². The van der Waals surface area contributed by atoms with Crippen molar-refractivity contribution >= 4 is 5.69 Å². The Bertz CT molecular complexity index is 633. The smallest absolute Gasteiger partial charge is 0.204 e. The quantitative estimate of drug-likeness (QED) is 0.749. The molecule has 3 rings (SSSR count). The SMILES string of the molecule is CC(Nc1cccc(-c2nn[nH]n2)c1)c1ccoc1. The molecule has 6 nitrogen and oxygen atoms in total. The molecule has 0 fully saturated rings. The molecule has 3 aromatic rings.